The van der Waals surface area contributed by atoms with Crippen molar-refractivity contribution < 1.29 is 9.47 Å². The molecule has 3 heterocycles. The molecule has 0 saturated carbocycles. The molecule has 2 aliphatic heterocycles. The van der Waals surface area contributed by atoms with Crippen molar-refractivity contribution in [3.8, 4) is 0 Å². The van der Waals surface area contributed by atoms with Crippen molar-refractivity contribution >= 4 is 30.0 Å². The number of rotatable bonds is 9. The lowest BCUT2D eigenvalue weighted by molar-refractivity contribution is 0.190. The number of ether oxygens (including phenoxy) is 2. The third-order valence-corrected chi connectivity index (χ3v) is 4.96. The van der Waals surface area contributed by atoms with Gasteiger partial charge in [0.1, 0.15) is 11.6 Å². The lowest BCUT2D eigenvalue weighted by atomic mass is 10.4. The van der Waals surface area contributed by atoms with Crippen molar-refractivity contribution in [1.82, 2.24) is 9.97 Å². The van der Waals surface area contributed by atoms with E-state index in [0.717, 1.165) is 56.9 Å². The van der Waals surface area contributed by atoms with E-state index in [1.165, 1.54) is 25.7 Å². The van der Waals surface area contributed by atoms with Gasteiger partial charge < -0.3 is 24.2 Å². The maximum Gasteiger partial charge on any atom is 0.229 e. The van der Waals surface area contributed by atoms with Gasteiger partial charge in [0.15, 0.2) is 0 Å². The van der Waals surface area contributed by atoms with E-state index in [1.54, 1.807) is 14.2 Å². The molecule has 0 atom stereocenters. The molecule has 0 unspecified atom stereocenters. The Kier molecular flexibility index (Phi) is 8.68. The molecule has 1 aromatic heterocycles. The molecule has 7 nitrogen and oxygen atoms in total. The average molecular weight is 386 g/mol. The standard InChI is InChI=1S/C18H31N5O2.ClH/c1-24-13-11-22(12-14-25-2)17-15-16(21-7-3-4-8-21)19-18(20-17)23-9-5-6-10-23;/h15H,3-14H2,1-2H3;1H. The molecule has 2 fully saturated rings. The zero-order valence-electron chi connectivity index (χ0n) is 16.0. The SMILES string of the molecule is COCCN(CCOC)c1cc(N2CCCC2)nc(N2CCCC2)n1.Cl. The first-order chi connectivity index (χ1) is 12.3. The molecule has 0 aliphatic carbocycles. The summed E-state index contributed by atoms with van der Waals surface area (Å²) in [6, 6.07) is 2.14. The van der Waals surface area contributed by atoms with Crippen LogP contribution in [0.15, 0.2) is 6.07 Å². The number of anilines is 3. The Labute approximate surface area is 163 Å². The van der Waals surface area contributed by atoms with Crippen LogP contribution in [0.25, 0.3) is 0 Å². The Balaban J connectivity index is 0.00000243. The minimum Gasteiger partial charge on any atom is -0.383 e. The molecule has 1 aromatic rings. The van der Waals surface area contributed by atoms with E-state index in [-0.39, 0.29) is 12.4 Å². The fraction of sp³-hybridized carbons (Fsp3) is 0.778. The number of methoxy groups -OCH3 is 2. The Morgan fingerprint density at radius 1 is 0.885 bits per heavy atom. The van der Waals surface area contributed by atoms with E-state index in [0.29, 0.717) is 13.2 Å². The summed E-state index contributed by atoms with van der Waals surface area (Å²) in [7, 11) is 3.47. The van der Waals surface area contributed by atoms with E-state index in [9.17, 15) is 0 Å². The van der Waals surface area contributed by atoms with E-state index >= 15 is 0 Å². The Morgan fingerprint density at radius 2 is 1.42 bits per heavy atom. The number of nitrogens with zero attached hydrogens (tertiary/aromatic N) is 5. The second-order valence-electron chi connectivity index (χ2n) is 6.75. The summed E-state index contributed by atoms with van der Waals surface area (Å²) in [5.74, 6) is 2.91. The third kappa shape index (κ3) is 5.34. The highest BCUT2D eigenvalue weighted by Gasteiger charge is 2.22. The summed E-state index contributed by atoms with van der Waals surface area (Å²) in [5.41, 5.74) is 0. The van der Waals surface area contributed by atoms with Gasteiger partial charge in [0.05, 0.1) is 13.2 Å². The van der Waals surface area contributed by atoms with Crippen LogP contribution in [-0.2, 0) is 9.47 Å². The lowest BCUT2D eigenvalue weighted by Crippen LogP contribution is -2.33. The van der Waals surface area contributed by atoms with Crippen LogP contribution in [-0.4, -0.2) is 76.7 Å². The first kappa shape index (κ1) is 21.0. The molecule has 3 rings (SSSR count). The van der Waals surface area contributed by atoms with Gasteiger partial charge in [-0.2, -0.15) is 9.97 Å². The summed E-state index contributed by atoms with van der Waals surface area (Å²) in [6.07, 6.45) is 4.94. The smallest absolute Gasteiger partial charge is 0.229 e. The molecule has 0 bridgehead atoms. The topological polar surface area (TPSA) is 54.0 Å². The quantitative estimate of drug-likeness (QED) is 0.645. The van der Waals surface area contributed by atoms with Gasteiger partial charge in [-0.3, -0.25) is 0 Å². The van der Waals surface area contributed by atoms with Gasteiger partial charge >= 0.3 is 0 Å². The third-order valence-electron chi connectivity index (χ3n) is 4.96. The van der Waals surface area contributed by atoms with E-state index in [4.69, 9.17) is 19.4 Å². The van der Waals surface area contributed by atoms with Crippen molar-refractivity contribution in [3.05, 3.63) is 6.07 Å². The lowest BCUT2D eigenvalue weighted by Gasteiger charge is -2.27. The van der Waals surface area contributed by atoms with Gasteiger partial charge in [-0.25, -0.2) is 0 Å². The molecule has 0 spiro atoms. The van der Waals surface area contributed by atoms with Crippen molar-refractivity contribution in [3.63, 3.8) is 0 Å². The molecular formula is C18H32ClN5O2. The molecule has 148 valence electrons. The molecule has 0 radical (unpaired) electrons. The van der Waals surface area contributed by atoms with E-state index in [1.807, 2.05) is 0 Å². The predicted molar refractivity (Wildman–Crippen MR) is 108 cm³/mol. The van der Waals surface area contributed by atoms with Crippen molar-refractivity contribution in [2.24, 2.45) is 0 Å². The number of aromatic nitrogens is 2. The van der Waals surface area contributed by atoms with E-state index < -0.39 is 0 Å². The monoisotopic (exact) mass is 385 g/mol. The van der Waals surface area contributed by atoms with Gasteiger partial charge in [0.2, 0.25) is 5.95 Å². The Morgan fingerprint density at radius 3 is 1.96 bits per heavy atom. The van der Waals surface area contributed by atoms with Crippen LogP contribution in [0.2, 0.25) is 0 Å². The summed E-state index contributed by atoms with van der Waals surface area (Å²) >= 11 is 0. The first-order valence-electron chi connectivity index (χ1n) is 9.43. The number of halogens is 1. The highest BCUT2D eigenvalue weighted by molar-refractivity contribution is 5.85. The summed E-state index contributed by atoms with van der Waals surface area (Å²) < 4.78 is 10.6. The summed E-state index contributed by atoms with van der Waals surface area (Å²) in [4.78, 5) is 16.7. The highest BCUT2D eigenvalue weighted by Crippen LogP contribution is 2.27. The number of hydrogen-bond donors (Lipinski definition) is 0. The highest BCUT2D eigenvalue weighted by atomic mass is 35.5. The van der Waals surface area contributed by atoms with Gasteiger partial charge in [-0.1, -0.05) is 0 Å². The maximum atomic E-state index is 5.29. The second-order valence-corrected chi connectivity index (χ2v) is 6.75. The van der Waals surface area contributed by atoms with Crippen LogP contribution in [0, 0.1) is 0 Å². The molecule has 0 N–H and O–H groups in total. The second kappa shape index (κ2) is 10.7. The molecule has 2 aliphatic rings. The Hall–Kier alpha value is -1.31. The largest absolute Gasteiger partial charge is 0.383 e. The van der Waals surface area contributed by atoms with E-state index in [2.05, 4.69) is 20.8 Å². The molecule has 0 aromatic carbocycles. The molecule has 0 amide bonds. The minimum atomic E-state index is 0. The Bertz CT molecular complexity index is 494. The van der Waals surface area contributed by atoms with Crippen LogP contribution in [0.3, 0.4) is 0 Å². The van der Waals surface area contributed by atoms with Crippen LogP contribution in [0.4, 0.5) is 17.6 Å². The first-order valence-corrected chi connectivity index (χ1v) is 9.43. The number of hydrogen-bond acceptors (Lipinski definition) is 7. The van der Waals surface area contributed by atoms with Gasteiger partial charge in [0.25, 0.3) is 0 Å². The van der Waals surface area contributed by atoms with Crippen LogP contribution in [0.5, 0.6) is 0 Å². The zero-order valence-corrected chi connectivity index (χ0v) is 16.8. The molecule has 2 saturated heterocycles. The summed E-state index contributed by atoms with van der Waals surface area (Å²) in [5, 5.41) is 0. The van der Waals surface area contributed by atoms with Crippen LogP contribution < -0.4 is 14.7 Å². The van der Waals surface area contributed by atoms with Gasteiger partial charge in [-0.15, -0.1) is 12.4 Å². The molecule has 26 heavy (non-hydrogen) atoms. The van der Waals surface area contributed by atoms with Crippen molar-refractivity contribution in [2.75, 3.05) is 81.4 Å². The maximum absolute atomic E-state index is 5.29. The normalized spacial score (nSPS) is 16.8. The summed E-state index contributed by atoms with van der Waals surface area (Å²) in [6.45, 7) is 7.24. The predicted octanol–water partition coefficient (Wildman–Crippen LogP) is 2.20. The molecule has 8 heteroatoms. The van der Waals surface area contributed by atoms with Gasteiger partial charge in [-0.05, 0) is 25.7 Å². The van der Waals surface area contributed by atoms with Gasteiger partial charge in [0, 0.05) is 59.6 Å². The van der Waals surface area contributed by atoms with Crippen molar-refractivity contribution in [2.45, 2.75) is 25.7 Å². The average Bonchev–Trinajstić information content (AvgIpc) is 3.35. The fourth-order valence-electron chi connectivity index (χ4n) is 3.48. The van der Waals surface area contributed by atoms with Crippen LogP contribution in [0.1, 0.15) is 25.7 Å². The fourth-order valence-corrected chi connectivity index (χ4v) is 3.48. The van der Waals surface area contributed by atoms with Crippen molar-refractivity contribution in [1.29, 1.82) is 0 Å². The van der Waals surface area contributed by atoms with Crippen LogP contribution >= 0.6 is 12.4 Å². The zero-order chi connectivity index (χ0) is 17.5. The minimum absolute atomic E-state index is 0. The molecular weight excluding hydrogens is 354 g/mol.